The molecule has 0 atom stereocenters. The molecule has 0 bridgehead atoms. The summed E-state index contributed by atoms with van der Waals surface area (Å²) in [6, 6.07) is 1.69. The predicted octanol–water partition coefficient (Wildman–Crippen LogP) is 3.95. The summed E-state index contributed by atoms with van der Waals surface area (Å²) in [4.78, 5) is 11.4. The molecule has 0 aromatic heterocycles. The summed E-state index contributed by atoms with van der Waals surface area (Å²) in [5.74, 6) is -0.934. The largest absolute Gasteiger partial charge is 0.496 e. The number of ether oxygens (including phenoxy) is 1. The van der Waals surface area contributed by atoms with Gasteiger partial charge >= 0.3 is 6.18 Å². The van der Waals surface area contributed by atoms with E-state index in [0.29, 0.717) is 6.07 Å². The number of alkyl halides is 4. The quantitative estimate of drug-likeness (QED) is 0.619. The monoisotopic (exact) mass is 330 g/mol. The van der Waals surface area contributed by atoms with Crippen molar-refractivity contribution in [3.63, 3.8) is 0 Å². The van der Waals surface area contributed by atoms with E-state index in [-0.39, 0.29) is 15.9 Å². The molecule has 0 saturated heterocycles. The summed E-state index contributed by atoms with van der Waals surface area (Å²) in [6.45, 7) is 0. The van der Waals surface area contributed by atoms with E-state index in [2.05, 4.69) is 20.7 Å². The topological polar surface area (TPSA) is 26.3 Å². The highest BCUT2D eigenvalue weighted by molar-refractivity contribution is 9.09. The second-order valence-corrected chi connectivity index (χ2v) is 4.05. The van der Waals surface area contributed by atoms with E-state index in [9.17, 15) is 18.0 Å². The van der Waals surface area contributed by atoms with Crippen LogP contribution in [0.4, 0.5) is 13.2 Å². The number of benzene rings is 1. The molecule has 0 N–H and O–H groups in total. The highest BCUT2D eigenvalue weighted by Crippen LogP contribution is 2.39. The molecule has 1 aromatic rings. The number of rotatable bonds is 3. The molecular weight excluding hydrogens is 324 g/mol. The van der Waals surface area contributed by atoms with E-state index in [0.717, 1.165) is 13.2 Å². The van der Waals surface area contributed by atoms with Gasteiger partial charge in [-0.1, -0.05) is 27.5 Å². The normalized spacial score (nSPS) is 11.4. The van der Waals surface area contributed by atoms with Crippen molar-refractivity contribution in [2.45, 2.75) is 6.18 Å². The first-order valence-corrected chi connectivity index (χ1v) is 5.85. The number of ketones is 1. The van der Waals surface area contributed by atoms with Crippen LogP contribution in [0.15, 0.2) is 12.1 Å². The molecule has 0 unspecified atom stereocenters. The van der Waals surface area contributed by atoms with Gasteiger partial charge in [-0.2, -0.15) is 13.2 Å². The van der Waals surface area contributed by atoms with Crippen LogP contribution in [-0.4, -0.2) is 18.2 Å². The van der Waals surface area contributed by atoms with Gasteiger partial charge < -0.3 is 4.74 Å². The first-order valence-electron chi connectivity index (χ1n) is 4.35. The average Bonchev–Trinajstić information content (AvgIpc) is 2.25. The molecule has 0 spiro atoms. The van der Waals surface area contributed by atoms with Gasteiger partial charge in [-0.25, -0.2) is 0 Å². The molecule has 17 heavy (non-hydrogen) atoms. The fraction of sp³-hybridized carbons (Fsp3) is 0.300. The molecule has 0 radical (unpaired) electrons. The van der Waals surface area contributed by atoms with Crippen molar-refractivity contribution in [2.24, 2.45) is 0 Å². The number of methoxy groups -OCH3 is 1. The van der Waals surface area contributed by atoms with Gasteiger partial charge in [0.2, 0.25) is 0 Å². The number of halogens is 5. The summed E-state index contributed by atoms with van der Waals surface area (Å²) in [7, 11) is 1.10. The molecule has 0 heterocycles. The molecule has 0 saturated carbocycles. The molecule has 1 aromatic carbocycles. The lowest BCUT2D eigenvalue weighted by Gasteiger charge is -2.14. The number of Topliss-reactive ketones (excluding diaryl/α,β-unsaturated/α-hetero) is 1. The van der Waals surface area contributed by atoms with Crippen LogP contribution in [0, 0.1) is 0 Å². The zero-order valence-corrected chi connectivity index (χ0v) is 10.9. The van der Waals surface area contributed by atoms with Crippen molar-refractivity contribution in [1.29, 1.82) is 0 Å². The molecule has 2 nitrogen and oxygen atoms in total. The van der Waals surface area contributed by atoms with Gasteiger partial charge in [-0.05, 0) is 6.07 Å². The van der Waals surface area contributed by atoms with Gasteiger partial charge in [-0.15, -0.1) is 0 Å². The summed E-state index contributed by atoms with van der Waals surface area (Å²) in [5.41, 5.74) is -1.20. The van der Waals surface area contributed by atoms with Crippen LogP contribution >= 0.6 is 27.5 Å². The van der Waals surface area contributed by atoms with Crippen LogP contribution in [0.25, 0.3) is 0 Å². The van der Waals surface area contributed by atoms with E-state index in [1.807, 2.05) is 0 Å². The van der Waals surface area contributed by atoms with Crippen LogP contribution in [-0.2, 0) is 6.18 Å². The minimum atomic E-state index is -4.60. The van der Waals surface area contributed by atoms with Crippen molar-refractivity contribution in [2.75, 3.05) is 12.4 Å². The third-order valence-corrected chi connectivity index (χ3v) is 2.84. The van der Waals surface area contributed by atoms with Crippen molar-refractivity contribution in [3.05, 3.63) is 28.3 Å². The lowest BCUT2D eigenvalue weighted by molar-refractivity contribution is -0.138. The van der Waals surface area contributed by atoms with Crippen molar-refractivity contribution < 1.29 is 22.7 Å². The Morgan fingerprint density at radius 1 is 1.47 bits per heavy atom. The Morgan fingerprint density at radius 3 is 2.47 bits per heavy atom. The summed E-state index contributed by atoms with van der Waals surface area (Å²) < 4.78 is 42.6. The zero-order valence-electron chi connectivity index (χ0n) is 8.57. The maximum atomic E-state index is 12.7. The molecule has 1 rings (SSSR count). The highest BCUT2D eigenvalue weighted by Gasteiger charge is 2.35. The second-order valence-electron chi connectivity index (χ2n) is 3.09. The zero-order chi connectivity index (χ0) is 13.2. The Kier molecular flexibility index (Phi) is 4.43. The van der Waals surface area contributed by atoms with E-state index < -0.39 is 23.3 Å². The summed E-state index contributed by atoms with van der Waals surface area (Å²) in [6.07, 6.45) is -4.60. The standard InChI is InChI=1S/C10H7BrClF3O2/c1-17-9-3-7(12)5(8(16)4-11)2-6(9)10(13,14)15/h2-3H,4H2,1H3. The minimum absolute atomic E-state index is 0.0701. The maximum absolute atomic E-state index is 12.7. The predicted molar refractivity (Wildman–Crippen MR) is 61.1 cm³/mol. The minimum Gasteiger partial charge on any atom is -0.496 e. The second kappa shape index (κ2) is 5.27. The van der Waals surface area contributed by atoms with Crippen molar-refractivity contribution >= 4 is 33.3 Å². The van der Waals surface area contributed by atoms with Gasteiger partial charge in [0, 0.05) is 11.6 Å². The van der Waals surface area contributed by atoms with Gasteiger partial charge in [0.25, 0.3) is 0 Å². The Labute approximate surface area is 109 Å². The first kappa shape index (κ1) is 14.3. The molecule has 0 fully saturated rings. The fourth-order valence-electron chi connectivity index (χ4n) is 1.23. The molecule has 0 aliphatic rings. The van der Waals surface area contributed by atoms with Crippen molar-refractivity contribution in [1.82, 2.24) is 0 Å². The number of hydrogen-bond acceptors (Lipinski definition) is 2. The number of carbonyl (C=O) groups is 1. The Bertz CT molecular complexity index is 446. The van der Waals surface area contributed by atoms with E-state index in [4.69, 9.17) is 11.6 Å². The van der Waals surface area contributed by atoms with Crippen LogP contribution in [0.2, 0.25) is 5.02 Å². The lowest BCUT2D eigenvalue weighted by Crippen LogP contribution is -2.11. The molecule has 0 amide bonds. The van der Waals surface area contributed by atoms with Gasteiger partial charge in [0.15, 0.2) is 5.78 Å². The fourth-order valence-corrected chi connectivity index (χ4v) is 1.79. The third-order valence-electron chi connectivity index (χ3n) is 2.02. The third kappa shape index (κ3) is 3.13. The lowest BCUT2D eigenvalue weighted by atomic mass is 10.1. The average molecular weight is 332 g/mol. The molecule has 7 heteroatoms. The van der Waals surface area contributed by atoms with Gasteiger partial charge in [0.1, 0.15) is 5.75 Å². The van der Waals surface area contributed by atoms with Crippen LogP contribution in [0.3, 0.4) is 0 Å². The number of carbonyl (C=O) groups excluding carboxylic acids is 1. The maximum Gasteiger partial charge on any atom is 0.419 e. The van der Waals surface area contributed by atoms with Gasteiger partial charge in [0.05, 0.1) is 23.0 Å². The molecule has 0 aliphatic carbocycles. The van der Waals surface area contributed by atoms with Crippen molar-refractivity contribution in [3.8, 4) is 5.75 Å². The van der Waals surface area contributed by atoms with Gasteiger partial charge in [-0.3, -0.25) is 4.79 Å². The summed E-state index contributed by atoms with van der Waals surface area (Å²) in [5, 5.41) is -0.171. The molecule has 94 valence electrons. The summed E-state index contributed by atoms with van der Waals surface area (Å²) >= 11 is 8.59. The van der Waals surface area contributed by atoms with Crippen LogP contribution < -0.4 is 4.74 Å². The smallest absolute Gasteiger partial charge is 0.419 e. The van der Waals surface area contributed by atoms with Crippen LogP contribution in [0.5, 0.6) is 5.75 Å². The molecule has 0 aliphatic heterocycles. The molecular formula is C10H7BrClF3O2. The first-order chi connectivity index (χ1) is 7.81. The Balaban J connectivity index is 3.43. The van der Waals surface area contributed by atoms with E-state index in [1.165, 1.54) is 0 Å². The Hall–Kier alpha value is -0.750. The SMILES string of the molecule is COc1cc(Cl)c(C(=O)CBr)cc1C(F)(F)F. The highest BCUT2D eigenvalue weighted by atomic mass is 79.9. The van der Waals surface area contributed by atoms with E-state index in [1.54, 1.807) is 0 Å². The van der Waals surface area contributed by atoms with Crippen LogP contribution in [0.1, 0.15) is 15.9 Å². The van der Waals surface area contributed by atoms with E-state index >= 15 is 0 Å². The Morgan fingerprint density at radius 2 is 2.06 bits per heavy atom. The number of hydrogen-bond donors (Lipinski definition) is 0.